The van der Waals surface area contributed by atoms with Gasteiger partial charge < -0.3 is 15.4 Å². The van der Waals surface area contributed by atoms with Gasteiger partial charge in [0.2, 0.25) is 0 Å². The molecule has 2 aromatic heterocycles. The molecule has 2 aromatic carbocycles. The van der Waals surface area contributed by atoms with Crippen LogP contribution in [0.3, 0.4) is 0 Å². The van der Waals surface area contributed by atoms with Crippen LogP contribution in [0.2, 0.25) is 0 Å². The van der Waals surface area contributed by atoms with E-state index in [1.165, 1.54) is 12.1 Å². The zero-order valence-electron chi connectivity index (χ0n) is 16.5. The van der Waals surface area contributed by atoms with Crippen molar-refractivity contribution in [2.24, 2.45) is 0 Å². The molecule has 5 rings (SSSR count). The fraction of sp³-hybridized carbons (Fsp3) is 0.125. The van der Waals surface area contributed by atoms with Crippen LogP contribution in [-0.2, 0) is 0 Å². The van der Waals surface area contributed by atoms with Crippen molar-refractivity contribution in [2.75, 3.05) is 18.4 Å². The zero-order chi connectivity index (χ0) is 21.2. The van der Waals surface area contributed by atoms with Crippen LogP contribution in [-0.4, -0.2) is 35.1 Å². The number of anilines is 1. The Morgan fingerprint density at radius 2 is 1.84 bits per heavy atom. The Labute approximate surface area is 178 Å². The summed E-state index contributed by atoms with van der Waals surface area (Å²) in [6.45, 7) is 1.44. The molecule has 0 aliphatic carbocycles. The number of nitrogens with one attached hydrogen (secondary N) is 2. The number of nitrogens with zero attached hydrogens (tertiary/aromatic N) is 2. The van der Waals surface area contributed by atoms with Gasteiger partial charge in [-0.3, -0.25) is 4.79 Å². The fourth-order valence-electron chi connectivity index (χ4n) is 3.36. The Morgan fingerprint density at radius 1 is 1.03 bits per heavy atom. The van der Waals surface area contributed by atoms with Crippen molar-refractivity contribution in [1.29, 1.82) is 0 Å². The van der Waals surface area contributed by atoms with E-state index in [9.17, 15) is 9.18 Å². The maximum atomic E-state index is 13.3. The Balaban J connectivity index is 1.45. The first-order valence-corrected chi connectivity index (χ1v) is 9.96. The van der Waals surface area contributed by atoms with Crippen molar-refractivity contribution in [3.63, 3.8) is 0 Å². The van der Waals surface area contributed by atoms with Gasteiger partial charge in [-0.25, -0.2) is 14.4 Å². The number of aromatic nitrogens is 2. The van der Waals surface area contributed by atoms with Crippen molar-refractivity contribution in [3.8, 4) is 16.9 Å². The number of halogens is 1. The summed E-state index contributed by atoms with van der Waals surface area (Å²) in [6, 6.07) is 18.9. The summed E-state index contributed by atoms with van der Waals surface area (Å²) < 4.78 is 19.4. The molecule has 1 fully saturated rings. The van der Waals surface area contributed by atoms with Crippen molar-refractivity contribution in [2.45, 2.75) is 6.10 Å². The monoisotopic (exact) mass is 414 g/mol. The summed E-state index contributed by atoms with van der Waals surface area (Å²) in [5, 5.41) is 6.88. The van der Waals surface area contributed by atoms with Crippen LogP contribution >= 0.6 is 0 Å². The maximum Gasteiger partial charge on any atom is 0.260 e. The number of hydrogen-bond donors (Lipinski definition) is 2. The number of benzene rings is 2. The highest BCUT2D eigenvalue weighted by atomic mass is 19.1. The van der Waals surface area contributed by atoms with E-state index < -0.39 is 0 Å². The number of hydrogen-bond acceptors (Lipinski definition) is 5. The molecule has 3 heterocycles. The topological polar surface area (TPSA) is 76.1 Å². The van der Waals surface area contributed by atoms with E-state index in [4.69, 9.17) is 4.74 Å². The highest BCUT2D eigenvalue weighted by molar-refractivity contribution is 6.06. The van der Waals surface area contributed by atoms with E-state index in [1.807, 2.05) is 30.3 Å². The number of fused-ring (bicyclic) bond motifs is 1. The van der Waals surface area contributed by atoms with E-state index in [0.717, 1.165) is 29.6 Å². The van der Waals surface area contributed by atoms with Crippen molar-refractivity contribution in [3.05, 3.63) is 84.3 Å². The van der Waals surface area contributed by atoms with Gasteiger partial charge >= 0.3 is 0 Å². The predicted molar refractivity (Wildman–Crippen MR) is 117 cm³/mol. The molecule has 1 saturated heterocycles. The third-order valence-corrected chi connectivity index (χ3v) is 5.15. The molecule has 0 atom stereocenters. The average molecular weight is 414 g/mol. The average Bonchev–Trinajstić information content (AvgIpc) is 2.76. The number of carbonyl (C=O) groups excluding carboxylic acids is 1. The van der Waals surface area contributed by atoms with Gasteiger partial charge in [-0.1, -0.05) is 18.2 Å². The molecule has 1 amide bonds. The second-order valence-corrected chi connectivity index (χ2v) is 7.32. The van der Waals surface area contributed by atoms with E-state index >= 15 is 0 Å². The molecule has 0 spiro atoms. The Bertz CT molecular complexity index is 1260. The highest BCUT2D eigenvalue weighted by Crippen LogP contribution is 2.29. The molecule has 1 aliphatic rings. The van der Waals surface area contributed by atoms with E-state index in [-0.39, 0.29) is 17.8 Å². The lowest BCUT2D eigenvalue weighted by Gasteiger charge is -2.28. The van der Waals surface area contributed by atoms with Crippen LogP contribution in [0.5, 0.6) is 5.75 Å². The molecule has 1 aliphatic heterocycles. The van der Waals surface area contributed by atoms with Crippen LogP contribution in [0.15, 0.2) is 72.9 Å². The summed E-state index contributed by atoms with van der Waals surface area (Å²) >= 11 is 0. The highest BCUT2D eigenvalue weighted by Gasteiger charge is 2.22. The normalized spacial score (nSPS) is 13.6. The quantitative estimate of drug-likeness (QED) is 0.516. The van der Waals surface area contributed by atoms with Gasteiger partial charge in [-0.2, -0.15) is 0 Å². The van der Waals surface area contributed by atoms with Crippen LogP contribution in [0.1, 0.15) is 10.4 Å². The number of amides is 1. The predicted octanol–water partition coefficient (Wildman–Crippen LogP) is 4.04. The third kappa shape index (κ3) is 4.08. The van der Waals surface area contributed by atoms with Gasteiger partial charge in [0.15, 0.2) is 5.65 Å². The number of rotatable bonds is 5. The molecule has 6 nitrogen and oxygen atoms in total. The van der Waals surface area contributed by atoms with Gasteiger partial charge in [0, 0.05) is 24.7 Å². The van der Waals surface area contributed by atoms with Gasteiger partial charge in [0.25, 0.3) is 5.91 Å². The van der Waals surface area contributed by atoms with E-state index in [0.29, 0.717) is 22.8 Å². The van der Waals surface area contributed by atoms with Crippen molar-refractivity contribution in [1.82, 2.24) is 15.3 Å². The van der Waals surface area contributed by atoms with Crippen LogP contribution in [0, 0.1) is 5.82 Å². The lowest BCUT2D eigenvalue weighted by atomic mass is 10.0. The summed E-state index contributed by atoms with van der Waals surface area (Å²) in [7, 11) is 0. The fourth-order valence-corrected chi connectivity index (χ4v) is 3.36. The standard InChI is InChI=1S/C24H19FN4O2/c25-18-7-3-15(4-8-18)17-5-9-20(21(12-17)31-19-13-26-14-19)24(30)29-22-10-6-16-2-1-11-27-23(16)28-22/h1-12,19,26H,13-14H2,(H,27,28,29,30). The van der Waals surface area contributed by atoms with E-state index in [2.05, 4.69) is 20.6 Å². The lowest BCUT2D eigenvalue weighted by Crippen LogP contribution is -2.50. The first-order valence-electron chi connectivity index (χ1n) is 9.96. The summed E-state index contributed by atoms with van der Waals surface area (Å²) in [4.78, 5) is 21.7. The summed E-state index contributed by atoms with van der Waals surface area (Å²) in [5.41, 5.74) is 2.64. The number of pyridine rings is 2. The second kappa shape index (κ2) is 8.12. The Kier molecular flexibility index (Phi) is 5.01. The maximum absolute atomic E-state index is 13.3. The van der Waals surface area contributed by atoms with Gasteiger partial charge in [-0.15, -0.1) is 0 Å². The molecule has 0 saturated carbocycles. The van der Waals surface area contributed by atoms with Gasteiger partial charge in [0.1, 0.15) is 23.5 Å². The van der Waals surface area contributed by atoms with Crippen LogP contribution in [0.25, 0.3) is 22.2 Å². The number of carbonyl (C=O) groups is 1. The molecule has 0 bridgehead atoms. The minimum Gasteiger partial charge on any atom is -0.487 e. The van der Waals surface area contributed by atoms with Crippen LogP contribution < -0.4 is 15.4 Å². The molecule has 0 radical (unpaired) electrons. The first-order chi connectivity index (χ1) is 15.2. The largest absolute Gasteiger partial charge is 0.487 e. The molecule has 0 unspecified atom stereocenters. The molecule has 154 valence electrons. The molecular formula is C24H19FN4O2. The second-order valence-electron chi connectivity index (χ2n) is 7.32. The van der Waals surface area contributed by atoms with Gasteiger partial charge in [-0.05, 0) is 59.7 Å². The Morgan fingerprint density at radius 3 is 2.61 bits per heavy atom. The molecule has 31 heavy (non-hydrogen) atoms. The molecule has 4 aromatic rings. The van der Waals surface area contributed by atoms with Gasteiger partial charge in [0.05, 0.1) is 5.56 Å². The zero-order valence-corrected chi connectivity index (χ0v) is 16.5. The molecule has 7 heteroatoms. The molecule has 2 N–H and O–H groups in total. The van der Waals surface area contributed by atoms with Crippen molar-refractivity contribution < 1.29 is 13.9 Å². The SMILES string of the molecule is O=C(Nc1ccc2cccnc2n1)c1ccc(-c2ccc(F)cc2)cc1OC1CNC1. The summed E-state index contributed by atoms with van der Waals surface area (Å²) in [6.07, 6.45) is 1.66. The van der Waals surface area contributed by atoms with Crippen LogP contribution in [0.4, 0.5) is 10.2 Å². The third-order valence-electron chi connectivity index (χ3n) is 5.15. The first kappa shape index (κ1) is 19.1. The number of ether oxygens (including phenoxy) is 1. The van der Waals surface area contributed by atoms with E-state index in [1.54, 1.807) is 30.5 Å². The summed E-state index contributed by atoms with van der Waals surface area (Å²) in [5.74, 6) is 0.268. The molecular weight excluding hydrogens is 395 g/mol. The lowest BCUT2D eigenvalue weighted by molar-refractivity contribution is 0.101. The Hall–Kier alpha value is -3.84. The minimum atomic E-state index is -0.323. The smallest absolute Gasteiger partial charge is 0.260 e. The minimum absolute atomic E-state index is 0.00184. The van der Waals surface area contributed by atoms with Crippen molar-refractivity contribution >= 4 is 22.8 Å².